The van der Waals surface area contributed by atoms with E-state index >= 15 is 0 Å². The summed E-state index contributed by atoms with van der Waals surface area (Å²) in [7, 11) is 2.43. The van der Waals surface area contributed by atoms with Gasteiger partial charge in [-0.25, -0.2) is 0 Å². The van der Waals surface area contributed by atoms with Gasteiger partial charge < -0.3 is 21.9 Å². The summed E-state index contributed by atoms with van der Waals surface area (Å²) in [6.45, 7) is 7.42. The van der Waals surface area contributed by atoms with E-state index in [2.05, 4.69) is 20.9 Å². The summed E-state index contributed by atoms with van der Waals surface area (Å²) >= 11 is 0. The Labute approximate surface area is 260 Å². The maximum atomic E-state index is 2.43. The Balaban J connectivity index is 0. The van der Waals surface area contributed by atoms with Gasteiger partial charge in [0.15, 0.2) is 0 Å². The van der Waals surface area contributed by atoms with Crippen LogP contribution in [0.4, 0.5) is 0 Å². The molecule has 0 aliphatic heterocycles. The van der Waals surface area contributed by atoms with Crippen LogP contribution in [-0.4, -0.2) is 20.1 Å². The van der Waals surface area contributed by atoms with E-state index in [0.717, 1.165) is 0 Å². The molecule has 0 aromatic rings. The Morgan fingerprint density at radius 2 is 0.410 bits per heavy atom. The van der Waals surface area contributed by atoms with Gasteiger partial charge in [-0.05, 0) is 25.7 Å². The molecule has 0 aromatic carbocycles. The molecule has 0 spiro atoms. The Kier molecular flexibility index (Phi) is 41.0. The summed E-state index contributed by atoms with van der Waals surface area (Å²) < 4.78 is 0. The second kappa shape index (κ2) is 38.4. The predicted octanol–water partition coefficient (Wildman–Crippen LogP) is 9.03. The fraction of sp³-hybridized carbons (Fsp3) is 1.00. The van der Waals surface area contributed by atoms with Gasteiger partial charge in [0.05, 0.1) is 20.1 Å². The van der Waals surface area contributed by atoms with Crippen LogP contribution in [0.5, 0.6) is 0 Å². The number of hydrogen-bond donors (Lipinski definition) is 1. The van der Waals surface area contributed by atoms with Gasteiger partial charge in [-0.2, -0.15) is 0 Å². The van der Waals surface area contributed by atoms with E-state index in [-0.39, 0.29) is 17.0 Å². The molecule has 0 saturated carbocycles. The third-order valence-corrected chi connectivity index (χ3v) is 8.91. The van der Waals surface area contributed by atoms with Gasteiger partial charge in [-0.3, -0.25) is 0 Å². The second-order valence-corrected chi connectivity index (χ2v) is 13.1. The Hall–Kier alpha value is 0.440. The molecule has 0 saturated heterocycles. The molecule has 0 heterocycles. The lowest BCUT2D eigenvalue weighted by atomic mass is 10.0. The lowest BCUT2D eigenvalue weighted by Crippen LogP contribution is -3.09. The van der Waals surface area contributed by atoms with Gasteiger partial charge in [0.2, 0.25) is 0 Å². The van der Waals surface area contributed by atoms with Crippen LogP contribution in [0, 0.1) is 0 Å². The lowest BCUT2D eigenvalue weighted by molar-refractivity contribution is -0.880. The minimum absolute atomic E-state index is 0. The number of unbranched alkanes of at least 4 members (excludes halogenated alkanes) is 30. The smallest absolute Gasteiger partial charge is 0.0768 e. The summed E-state index contributed by atoms with van der Waals surface area (Å²) in [6, 6.07) is 0. The van der Waals surface area contributed by atoms with Crippen LogP contribution in [0.1, 0.15) is 219 Å². The van der Waals surface area contributed by atoms with Crippen molar-refractivity contribution in [2.24, 2.45) is 0 Å². The van der Waals surface area contributed by atoms with Crippen LogP contribution in [0.2, 0.25) is 0 Å². The monoisotopic (exact) mass is 616 g/mol. The van der Waals surface area contributed by atoms with Crippen LogP contribution in [0.15, 0.2) is 0 Å². The molecule has 0 amide bonds. The molecule has 1 N–H and O–H groups in total. The minimum atomic E-state index is 0. The summed E-state index contributed by atoms with van der Waals surface area (Å²) in [5.74, 6) is 0. The van der Waals surface area contributed by atoms with E-state index in [1.165, 1.54) is 219 Å². The van der Waals surface area contributed by atoms with Crippen LogP contribution in [0.3, 0.4) is 0 Å². The molecule has 0 aliphatic rings. The van der Waals surface area contributed by atoms with Crippen molar-refractivity contribution in [1.82, 2.24) is 0 Å². The van der Waals surface area contributed by atoms with Gasteiger partial charge in [0.1, 0.15) is 0 Å². The average Bonchev–Trinajstić information content (AvgIpc) is 2.92. The first-order valence-electron chi connectivity index (χ1n) is 18.6. The number of nitrogens with one attached hydrogen (secondary N) is 1. The van der Waals surface area contributed by atoms with Crippen molar-refractivity contribution in [3.05, 3.63) is 0 Å². The molecule has 0 aromatic heterocycles. The van der Waals surface area contributed by atoms with Gasteiger partial charge >= 0.3 is 0 Å². The minimum Gasteiger partial charge on any atom is -1.00 e. The zero-order valence-electron chi connectivity index (χ0n) is 27.9. The van der Waals surface area contributed by atoms with E-state index in [1.807, 2.05) is 0 Å². The molecule has 1 nitrogen and oxygen atoms in total. The highest BCUT2D eigenvalue weighted by atomic mass is 79.9. The van der Waals surface area contributed by atoms with Gasteiger partial charge in [-0.1, -0.05) is 194 Å². The van der Waals surface area contributed by atoms with Crippen molar-refractivity contribution in [2.45, 2.75) is 219 Å². The molecule has 0 aliphatic carbocycles. The highest BCUT2D eigenvalue weighted by Gasteiger charge is 2.02. The van der Waals surface area contributed by atoms with E-state index in [1.54, 1.807) is 4.90 Å². The Bertz CT molecular complexity index is 363. The molecule has 0 fully saturated rings. The lowest BCUT2D eigenvalue weighted by Gasteiger charge is -2.13. The zero-order valence-corrected chi connectivity index (χ0v) is 29.5. The number of halogens is 1. The molecule has 0 radical (unpaired) electrons. The van der Waals surface area contributed by atoms with Crippen LogP contribution in [0.25, 0.3) is 0 Å². The molecule has 0 bridgehead atoms. The highest BCUT2D eigenvalue weighted by Crippen LogP contribution is 2.15. The van der Waals surface area contributed by atoms with Crippen LogP contribution >= 0.6 is 0 Å². The van der Waals surface area contributed by atoms with Crippen molar-refractivity contribution >= 4 is 0 Å². The van der Waals surface area contributed by atoms with E-state index in [4.69, 9.17) is 0 Å². The third kappa shape index (κ3) is 38.4. The largest absolute Gasteiger partial charge is 1.00 e. The first-order valence-corrected chi connectivity index (χ1v) is 18.6. The molecular formula is C37H78BrN. The molecule has 0 atom stereocenters. The standard InChI is InChI=1S/C37H77N.BrH/c1-4-6-8-10-12-14-16-18-20-22-24-26-28-30-32-34-36-38(3)37-35-33-31-29-27-25-23-21-19-17-15-13-11-9-7-5-2;/h4-37H2,1-3H3;1H. The zero-order chi connectivity index (χ0) is 27.6. The third-order valence-electron chi connectivity index (χ3n) is 8.91. The van der Waals surface area contributed by atoms with Crippen molar-refractivity contribution < 1.29 is 21.9 Å². The highest BCUT2D eigenvalue weighted by molar-refractivity contribution is 4.51. The van der Waals surface area contributed by atoms with Crippen molar-refractivity contribution in [3.8, 4) is 0 Å². The van der Waals surface area contributed by atoms with Crippen LogP contribution in [-0.2, 0) is 0 Å². The fourth-order valence-corrected chi connectivity index (χ4v) is 6.07. The summed E-state index contributed by atoms with van der Waals surface area (Å²) in [5.41, 5.74) is 0. The fourth-order valence-electron chi connectivity index (χ4n) is 6.07. The van der Waals surface area contributed by atoms with Crippen molar-refractivity contribution in [2.75, 3.05) is 20.1 Å². The van der Waals surface area contributed by atoms with Crippen LogP contribution < -0.4 is 21.9 Å². The van der Waals surface area contributed by atoms with Crippen molar-refractivity contribution in [3.63, 3.8) is 0 Å². The SMILES string of the molecule is CCCCCCCCCCCCCCCCCC[NH+](C)CCCCCCCCCCCCCCCCCC.[Br-]. The quantitative estimate of drug-likeness (QED) is 0.0688. The predicted molar refractivity (Wildman–Crippen MR) is 176 cm³/mol. The summed E-state index contributed by atoms with van der Waals surface area (Å²) in [5, 5.41) is 0. The summed E-state index contributed by atoms with van der Waals surface area (Å²) in [6.07, 6.45) is 47.0. The van der Waals surface area contributed by atoms with Gasteiger partial charge in [0, 0.05) is 0 Å². The van der Waals surface area contributed by atoms with Gasteiger partial charge in [0.25, 0.3) is 0 Å². The van der Waals surface area contributed by atoms with E-state index in [9.17, 15) is 0 Å². The van der Waals surface area contributed by atoms with E-state index < -0.39 is 0 Å². The number of rotatable bonds is 34. The number of quaternary nitrogens is 1. The molecule has 2 heteroatoms. The summed E-state index contributed by atoms with van der Waals surface area (Å²) in [4.78, 5) is 1.78. The average molecular weight is 617 g/mol. The molecule has 238 valence electrons. The normalized spacial score (nSPS) is 11.4. The van der Waals surface area contributed by atoms with E-state index in [0.29, 0.717) is 0 Å². The molecule has 39 heavy (non-hydrogen) atoms. The Morgan fingerprint density at radius 1 is 0.256 bits per heavy atom. The first-order chi connectivity index (χ1) is 18.8. The first kappa shape index (κ1) is 41.6. The Morgan fingerprint density at radius 3 is 0.590 bits per heavy atom. The maximum Gasteiger partial charge on any atom is 0.0768 e. The number of hydrogen-bond acceptors (Lipinski definition) is 0. The molecule has 0 unspecified atom stereocenters. The maximum absolute atomic E-state index is 2.43. The van der Waals surface area contributed by atoms with Gasteiger partial charge in [-0.15, -0.1) is 0 Å². The molecular weight excluding hydrogens is 538 g/mol. The second-order valence-electron chi connectivity index (χ2n) is 13.1. The van der Waals surface area contributed by atoms with Crippen molar-refractivity contribution in [1.29, 1.82) is 0 Å². The molecule has 0 rings (SSSR count). The topological polar surface area (TPSA) is 4.44 Å².